The second-order valence-corrected chi connectivity index (χ2v) is 17.0. The molecule has 1 aromatic rings. The van der Waals surface area contributed by atoms with Crippen molar-refractivity contribution < 1.29 is 51.5 Å². The molecule has 1 aliphatic rings. The number of nitrogens with zero attached hydrogens (tertiary/aromatic N) is 1. The van der Waals surface area contributed by atoms with Crippen LogP contribution in [0.4, 0.5) is 18.0 Å². The minimum Gasteiger partial charge on any atom is -0.460 e. The predicted molar refractivity (Wildman–Crippen MR) is 215 cm³/mol. The molecule has 0 bridgehead atoms. The van der Waals surface area contributed by atoms with E-state index in [2.05, 4.69) is 21.3 Å². The minimum atomic E-state index is -4.70. The van der Waals surface area contributed by atoms with Gasteiger partial charge in [0.05, 0.1) is 11.5 Å². The van der Waals surface area contributed by atoms with Crippen LogP contribution in [0.5, 0.6) is 0 Å². The van der Waals surface area contributed by atoms with E-state index in [1.54, 1.807) is 58.9 Å². The number of rotatable bonds is 25. The van der Waals surface area contributed by atoms with Crippen molar-refractivity contribution in [1.29, 1.82) is 0 Å². The number of ether oxygens (including phenoxy) is 1. The molecule has 1 heterocycles. The van der Waals surface area contributed by atoms with E-state index in [9.17, 15) is 46.7 Å². The maximum Gasteiger partial charge on any atom is 0.403 e. The van der Waals surface area contributed by atoms with Crippen LogP contribution in [-0.2, 0) is 46.5 Å². The van der Waals surface area contributed by atoms with Crippen molar-refractivity contribution in [2.24, 2.45) is 28.9 Å². The number of hydrogen-bond donors (Lipinski definition) is 5. The first-order valence-electron chi connectivity index (χ1n) is 20.6. The number of nitrogens with one attached hydrogen (secondary N) is 4. The third-order valence-corrected chi connectivity index (χ3v) is 10.1. The number of halogens is 3. The molecule has 4 atom stereocenters. The van der Waals surface area contributed by atoms with E-state index in [-0.39, 0.29) is 107 Å². The molecule has 14 nitrogen and oxygen atoms in total. The summed E-state index contributed by atoms with van der Waals surface area (Å²) in [6.07, 6.45) is -3.25. The number of Topliss-reactive ketones (excluding diaryl/α,β-unsaturated/α-hetero) is 1. The van der Waals surface area contributed by atoms with Gasteiger partial charge in [0.2, 0.25) is 23.6 Å². The quantitative estimate of drug-likeness (QED) is 0.0518. The first-order chi connectivity index (χ1) is 27.5. The van der Waals surface area contributed by atoms with Crippen molar-refractivity contribution in [3.63, 3.8) is 0 Å². The molecule has 332 valence electrons. The van der Waals surface area contributed by atoms with Crippen molar-refractivity contribution in [3.05, 3.63) is 35.4 Å². The molecule has 0 radical (unpaired) electrons. The molecule has 0 spiro atoms. The zero-order valence-corrected chi connectivity index (χ0v) is 35.6. The van der Waals surface area contributed by atoms with Gasteiger partial charge in [0.25, 0.3) is 0 Å². The molecular weight excluding hydrogens is 773 g/mol. The summed E-state index contributed by atoms with van der Waals surface area (Å²) in [6, 6.07) is 1.82. The predicted octanol–water partition coefficient (Wildman–Crippen LogP) is 4.85. The van der Waals surface area contributed by atoms with Gasteiger partial charge in [-0.25, -0.2) is 4.79 Å². The minimum absolute atomic E-state index is 0.00917. The number of esters is 1. The summed E-state index contributed by atoms with van der Waals surface area (Å²) in [4.78, 5) is 88.8. The van der Waals surface area contributed by atoms with Gasteiger partial charge in [0.15, 0.2) is 0 Å². The number of likely N-dealkylation sites (tertiary alicyclic amines) is 1. The molecule has 1 aromatic carbocycles. The summed E-state index contributed by atoms with van der Waals surface area (Å²) in [6.45, 7) is 12.6. The van der Waals surface area contributed by atoms with Crippen molar-refractivity contribution in [2.75, 3.05) is 19.6 Å². The zero-order chi connectivity index (χ0) is 44.5. The molecule has 1 unspecified atom stereocenters. The van der Waals surface area contributed by atoms with Gasteiger partial charge in [-0.3, -0.25) is 39.0 Å². The lowest BCUT2D eigenvalue weighted by atomic mass is 9.94. The lowest BCUT2D eigenvalue weighted by Gasteiger charge is -2.30. The van der Waals surface area contributed by atoms with Gasteiger partial charge in [-0.05, 0) is 75.8 Å². The van der Waals surface area contributed by atoms with Crippen LogP contribution in [0.2, 0.25) is 0 Å². The number of primary amides is 1. The van der Waals surface area contributed by atoms with Crippen LogP contribution in [0.25, 0.3) is 0 Å². The van der Waals surface area contributed by atoms with E-state index in [4.69, 9.17) is 10.5 Å². The van der Waals surface area contributed by atoms with Crippen molar-refractivity contribution in [3.8, 4) is 0 Å². The first kappa shape index (κ1) is 50.6. The Labute approximate surface area is 346 Å². The Kier molecular flexibility index (Phi) is 20.5. The maximum absolute atomic E-state index is 14.3. The van der Waals surface area contributed by atoms with E-state index in [1.165, 1.54) is 4.90 Å². The number of benzene rings is 1. The Bertz CT molecular complexity index is 1580. The smallest absolute Gasteiger partial charge is 0.403 e. The summed E-state index contributed by atoms with van der Waals surface area (Å²) >= 11 is 0. The highest BCUT2D eigenvalue weighted by atomic mass is 19.4. The average molecular weight is 839 g/mol. The average Bonchev–Trinajstić information content (AvgIpc) is 3.42. The molecule has 2 rings (SSSR count). The van der Waals surface area contributed by atoms with Crippen molar-refractivity contribution in [2.45, 2.75) is 144 Å². The number of imide groups is 1. The van der Waals surface area contributed by atoms with Crippen molar-refractivity contribution >= 4 is 41.4 Å². The molecule has 1 aliphatic heterocycles. The highest BCUT2D eigenvalue weighted by Gasteiger charge is 2.43. The third-order valence-electron chi connectivity index (χ3n) is 10.1. The maximum atomic E-state index is 14.3. The normalized spacial score (nSPS) is 16.2. The number of amides is 6. The second-order valence-electron chi connectivity index (χ2n) is 17.0. The molecule has 0 aromatic heterocycles. The first-order valence-corrected chi connectivity index (χ1v) is 20.6. The van der Waals surface area contributed by atoms with E-state index in [0.29, 0.717) is 19.3 Å². The van der Waals surface area contributed by atoms with Crippen molar-refractivity contribution in [1.82, 2.24) is 26.2 Å². The van der Waals surface area contributed by atoms with Gasteiger partial charge in [-0.1, -0.05) is 64.8 Å². The number of hydrogen-bond acceptors (Lipinski definition) is 9. The Balaban J connectivity index is 1.94. The number of ketones is 1. The number of unbranched alkanes of at least 4 members (excludes halogenated alkanes) is 2. The van der Waals surface area contributed by atoms with Gasteiger partial charge in [-0.2, -0.15) is 13.2 Å². The Hall–Kier alpha value is -4.54. The van der Waals surface area contributed by atoms with Gasteiger partial charge >= 0.3 is 18.2 Å². The second kappa shape index (κ2) is 23.9. The molecule has 59 heavy (non-hydrogen) atoms. The summed E-state index contributed by atoms with van der Waals surface area (Å²) in [5, 5.41) is 10.2. The van der Waals surface area contributed by atoms with Crippen LogP contribution in [-0.4, -0.2) is 90.2 Å². The summed E-state index contributed by atoms with van der Waals surface area (Å²) in [5.74, 6) is -3.29. The fraction of sp³-hybridized carbons (Fsp3) is 0.690. The van der Waals surface area contributed by atoms with Crippen LogP contribution < -0.4 is 27.0 Å². The lowest BCUT2D eigenvalue weighted by molar-refractivity contribution is -0.162. The standard InChI is InChI=1S/C42H65F3N6O8/c1-26(2)31-24-34(53)51(38(31)56)22-10-8-9-15-33(42(43,44)45)50-35(27(3)4)37(55)49-32(14-12-21-48-40(46)58)36(54)47-20-11-13-30(52)23-28-16-18-29(19-17-28)25-59-39(57)41(5,6)7/h16-19,26-27,31-33,35,50H,8-15,20-25H2,1-7H3,(H,47,54)(H,49,55)(H3,46,48,58)/t31?,32-,33-,35-/m0/s1. The SMILES string of the molecule is CC(C)C1CC(=O)N(CCCCC[C@H](N[C@H](C(=O)N[C@@H](CCCNC(N)=O)C(=O)NCCCC(=O)Cc2ccc(COC(=O)C(C)(C)C)cc2)C(C)C)C(F)(F)F)C1=O. The third kappa shape index (κ3) is 18.1. The molecule has 6 N–H and O–H groups in total. The van der Waals surface area contributed by atoms with Crippen LogP contribution in [0.1, 0.15) is 117 Å². The van der Waals surface area contributed by atoms with Gasteiger partial charge in [0, 0.05) is 44.8 Å². The Morgan fingerprint density at radius 3 is 2.03 bits per heavy atom. The lowest BCUT2D eigenvalue weighted by Crippen LogP contribution is -2.58. The number of urea groups is 1. The van der Waals surface area contributed by atoms with Crippen LogP contribution in [0.15, 0.2) is 24.3 Å². The van der Waals surface area contributed by atoms with Gasteiger partial charge in [-0.15, -0.1) is 0 Å². The number of carbonyl (C=O) groups is 7. The monoisotopic (exact) mass is 838 g/mol. The van der Waals surface area contributed by atoms with Gasteiger partial charge < -0.3 is 26.4 Å². The van der Waals surface area contributed by atoms with E-state index >= 15 is 0 Å². The summed E-state index contributed by atoms with van der Waals surface area (Å²) in [7, 11) is 0. The summed E-state index contributed by atoms with van der Waals surface area (Å²) < 4.78 is 48.1. The van der Waals surface area contributed by atoms with Gasteiger partial charge in [0.1, 0.15) is 24.5 Å². The molecule has 1 fully saturated rings. The highest BCUT2D eigenvalue weighted by molar-refractivity contribution is 6.03. The van der Waals surface area contributed by atoms with E-state index in [1.807, 2.05) is 13.8 Å². The Morgan fingerprint density at radius 2 is 1.47 bits per heavy atom. The number of alkyl halides is 3. The fourth-order valence-electron chi connectivity index (χ4n) is 6.49. The molecular formula is C42H65F3N6O8. The van der Waals surface area contributed by atoms with E-state index in [0.717, 1.165) is 11.1 Å². The molecule has 6 amide bonds. The summed E-state index contributed by atoms with van der Waals surface area (Å²) in [5.41, 5.74) is 6.07. The molecule has 1 saturated heterocycles. The highest BCUT2D eigenvalue weighted by Crippen LogP contribution is 2.28. The van der Waals surface area contributed by atoms with Crippen LogP contribution >= 0.6 is 0 Å². The molecule has 17 heteroatoms. The largest absolute Gasteiger partial charge is 0.460 e. The van der Waals surface area contributed by atoms with Crippen LogP contribution in [0.3, 0.4) is 0 Å². The van der Waals surface area contributed by atoms with Crippen LogP contribution in [0, 0.1) is 23.2 Å². The zero-order valence-electron chi connectivity index (χ0n) is 35.6. The molecule has 0 aliphatic carbocycles. The fourth-order valence-corrected chi connectivity index (χ4v) is 6.49. The Morgan fingerprint density at radius 1 is 0.847 bits per heavy atom. The molecule has 0 saturated carbocycles. The number of nitrogens with two attached hydrogens (primary N) is 1. The number of carbonyl (C=O) groups excluding carboxylic acids is 7. The topological polar surface area (TPSA) is 206 Å². The van der Waals surface area contributed by atoms with E-state index < -0.39 is 53.5 Å².